The Balaban J connectivity index is 0.000000551. The first-order valence-electron chi connectivity index (χ1n) is 14.3. The third kappa shape index (κ3) is 8.00. The number of aliphatic hydroxyl groups is 1. The van der Waals surface area contributed by atoms with Gasteiger partial charge in [0.15, 0.2) is 0 Å². The van der Waals surface area contributed by atoms with Gasteiger partial charge in [-0.25, -0.2) is 14.4 Å². The SMILES string of the molecule is CC(C)(C)F.CN(CCN1CCCC1)c1nc2cc(-n3cnc4cc(-c5ccc(Cl)cc5)sc4c3=O)ccc2n1C.CO. The number of alkyl halides is 1. The minimum atomic E-state index is -1.00. The lowest BCUT2D eigenvalue weighted by molar-refractivity contribution is 0.246. The average molecular weight is 627 g/mol. The molecule has 3 aromatic heterocycles. The minimum Gasteiger partial charge on any atom is -0.400 e. The molecule has 1 fully saturated rings. The number of thiophene rings is 1. The Bertz CT molecular complexity index is 1710. The fraction of sp³-hybridized carbons (Fsp3) is 0.406. The van der Waals surface area contributed by atoms with Gasteiger partial charge in [0.25, 0.3) is 5.56 Å². The zero-order valence-electron chi connectivity index (χ0n) is 25.6. The van der Waals surface area contributed by atoms with Crippen LogP contribution in [0.3, 0.4) is 0 Å². The summed E-state index contributed by atoms with van der Waals surface area (Å²) >= 11 is 7.48. The number of hydrogen-bond acceptors (Lipinski definition) is 7. The number of rotatable bonds is 6. The smallest absolute Gasteiger partial charge is 0.275 e. The van der Waals surface area contributed by atoms with Gasteiger partial charge in [0.2, 0.25) is 5.95 Å². The number of likely N-dealkylation sites (N-methyl/N-ethyl adjacent to an activating group) is 1. The van der Waals surface area contributed by atoms with E-state index in [0.29, 0.717) is 15.2 Å². The van der Waals surface area contributed by atoms with Gasteiger partial charge < -0.3 is 19.5 Å². The van der Waals surface area contributed by atoms with Gasteiger partial charge in [-0.3, -0.25) is 9.36 Å². The van der Waals surface area contributed by atoms with Crippen molar-refractivity contribution in [1.82, 2.24) is 24.0 Å². The molecule has 0 spiro atoms. The zero-order chi connectivity index (χ0) is 31.3. The molecular weight excluding hydrogens is 587 g/mol. The molecule has 8 nitrogen and oxygen atoms in total. The molecule has 1 aliphatic rings. The standard InChI is InChI=1S/C27H27ClN6OS.C4H9F.CH4O/c1-31(13-14-33-11-3-4-12-33)27-30-21-15-20(9-10-23(21)32(27)2)34-17-29-22-16-24(36-25(22)26(34)35)18-5-7-19(28)8-6-18;1-4(2,3)5;1-2/h5-10,15-17H,3-4,11-14H2,1-2H3;1-3H3;2H,1H3. The van der Waals surface area contributed by atoms with E-state index in [4.69, 9.17) is 21.7 Å². The highest BCUT2D eigenvalue weighted by atomic mass is 35.5. The van der Waals surface area contributed by atoms with E-state index in [1.165, 1.54) is 58.0 Å². The average Bonchev–Trinajstić information content (AvgIpc) is 3.72. The second-order valence-electron chi connectivity index (χ2n) is 11.4. The maximum Gasteiger partial charge on any atom is 0.275 e. The van der Waals surface area contributed by atoms with Gasteiger partial charge in [0, 0.05) is 44.2 Å². The second-order valence-corrected chi connectivity index (χ2v) is 12.9. The predicted molar refractivity (Wildman–Crippen MR) is 178 cm³/mol. The number of benzene rings is 2. The first kappa shape index (κ1) is 32.6. The Morgan fingerprint density at radius 1 is 1.05 bits per heavy atom. The summed E-state index contributed by atoms with van der Waals surface area (Å²) in [6.07, 6.45) is 4.20. The largest absolute Gasteiger partial charge is 0.400 e. The number of nitrogens with zero attached hydrogens (tertiary/aromatic N) is 6. The predicted octanol–water partition coefficient (Wildman–Crippen LogP) is 6.55. The fourth-order valence-electron chi connectivity index (χ4n) is 4.92. The molecule has 0 atom stereocenters. The van der Waals surface area contributed by atoms with Crippen LogP contribution in [0.2, 0.25) is 5.02 Å². The van der Waals surface area contributed by atoms with Crippen molar-refractivity contribution in [3.63, 3.8) is 0 Å². The summed E-state index contributed by atoms with van der Waals surface area (Å²) in [4.78, 5) is 28.6. The van der Waals surface area contributed by atoms with Crippen molar-refractivity contribution in [3.8, 4) is 16.1 Å². The topological polar surface area (TPSA) is 79.4 Å². The number of aliphatic hydroxyl groups excluding tert-OH is 1. The highest BCUT2D eigenvalue weighted by Crippen LogP contribution is 2.32. The number of anilines is 1. The van der Waals surface area contributed by atoms with Gasteiger partial charge in [0.05, 0.1) is 22.2 Å². The first-order chi connectivity index (χ1) is 20.5. The summed E-state index contributed by atoms with van der Waals surface area (Å²) in [7, 11) is 5.13. The molecule has 1 aliphatic heterocycles. The van der Waals surface area contributed by atoms with Crippen LogP contribution in [0.15, 0.2) is 59.7 Å². The van der Waals surface area contributed by atoms with Crippen molar-refractivity contribution in [2.45, 2.75) is 39.3 Å². The molecule has 4 heterocycles. The van der Waals surface area contributed by atoms with E-state index >= 15 is 0 Å². The van der Waals surface area contributed by atoms with Crippen molar-refractivity contribution in [3.05, 3.63) is 70.2 Å². The van der Waals surface area contributed by atoms with Crippen molar-refractivity contribution >= 4 is 50.1 Å². The lowest BCUT2D eigenvalue weighted by Crippen LogP contribution is -2.32. The number of likely N-dealkylation sites (tertiary alicyclic amines) is 1. The first-order valence-corrected chi connectivity index (χ1v) is 15.5. The van der Waals surface area contributed by atoms with E-state index in [1.54, 1.807) is 10.9 Å². The fourth-order valence-corrected chi connectivity index (χ4v) is 6.09. The Morgan fingerprint density at radius 2 is 1.70 bits per heavy atom. The monoisotopic (exact) mass is 626 g/mol. The molecule has 0 aliphatic carbocycles. The number of hydrogen-bond donors (Lipinski definition) is 1. The van der Waals surface area contributed by atoms with Crippen LogP contribution < -0.4 is 10.5 Å². The molecule has 43 heavy (non-hydrogen) atoms. The number of halogens is 2. The van der Waals surface area contributed by atoms with Crippen LogP contribution in [0.25, 0.3) is 37.4 Å². The van der Waals surface area contributed by atoms with Crippen LogP contribution in [-0.4, -0.2) is 75.1 Å². The molecule has 0 amide bonds. The van der Waals surface area contributed by atoms with Crippen LogP contribution in [0.4, 0.5) is 10.3 Å². The lowest BCUT2D eigenvalue weighted by atomic mass is 10.2. The third-order valence-electron chi connectivity index (χ3n) is 6.98. The molecule has 2 aromatic carbocycles. The van der Waals surface area contributed by atoms with Gasteiger partial charge in [-0.1, -0.05) is 23.7 Å². The number of imidazole rings is 1. The van der Waals surface area contributed by atoms with Crippen LogP contribution in [0.1, 0.15) is 33.6 Å². The summed E-state index contributed by atoms with van der Waals surface area (Å²) in [6.45, 7) is 8.92. The Morgan fingerprint density at radius 3 is 2.35 bits per heavy atom. The molecule has 1 N–H and O–H groups in total. The zero-order valence-corrected chi connectivity index (χ0v) is 27.2. The molecule has 6 rings (SSSR count). The van der Waals surface area contributed by atoms with Crippen LogP contribution in [0.5, 0.6) is 0 Å². The summed E-state index contributed by atoms with van der Waals surface area (Å²) in [5, 5.41) is 7.69. The van der Waals surface area contributed by atoms with Crippen molar-refractivity contribution in [1.29, 1.82) is 0 Å². The van der Waals surface area contributed by atoms with E-state index in [2.05, 4.69) is 26.4 Å². The number of aryl methyl sites for hydroxylation is 1. The quantitative estimate of drug-likeness (QED) is 0.230. The van der Waals surface area contributed by atoms with Gasteiger partial charge in [-0.05, 0) is 88.7 Å². The van der Waals surface area contributed by atoms with Gasteiger partial charge >= 0.3 is 0 Å². The van der Waals surface area contributed by atoms with E-state index in [9.17, 15) is 9.18 Å². The maximum atomic E-state index is 13.4. The van der Waals surface area contributed by atoms with Gasteiger partial charge in [-0.2, -0.15) is 0 Å². The van der Waals surface area contributed by atoms with Crippen LogP contribution >= 0.6 is 22.9 Å². The van der Waals surface area contributed by atoms with Crippen molar-refractivity contribution in [2.24, 2.45) is 7.05 Å². The second kappa shape index (κ2) is 14.0. The summed E-state index contributed by atoms with van der Waals surface area (Å²) in [5.74, 6) is 0.924. The molecule has 0 saturated carbocycles. The highest BCUT2D eigenvalue weighted by Gasteiger charge is 2.17. The Kier molecular flexibility index (Phi) is 10.6. The van der Waals surface area contributed by atoms with Crippen LogP contribution in [-0.2, 0) is 7.05 Å². The summed E-state index contributed by atoms with van der Waals surface area (Å²) in [6, 6.07) is 15.5. The highest BCUT2D eigenvalue weighted by molar-refractivity contribution is 7.22. The summed E-state index contributed by atoms with van der Waals surface area (Å²) in [5.41, 5.74) is 3.29. The van der Waals surface area contributed by atoms with E-state index in [1.807, 2.05) is 55.6 Å². The van der Waals surface area contributed by atoms with E-state index < -0.39 is 5.67 Å². The molecule has 0 bridgehead atoms. The van der Waals surface area contributed by atoms with Crippen molar-refractivity contribution in [2.75, 3.05) is 45.2 Å². The number of fused-ring (bicyclic) bond motifs is 2. The Hall–Kier alpha value is -3.31. The van der Waals surface area contributed by atoms with Crippen LogP contribution in [0, 0.1) is 0 Å². The summed E-state index contributed by atoms with van der Waals surface area (Å²) < 4.78 is 16.0. The maximum absolute atomic E-state index is 13.4. The minimum absolute atomic E-state index is 0.0801. The molecule has 0 radical (unpaired) electrons. The van der Waals surface area contributed by atoms with Crippen molar-refractivity contribution < 1.29 is 9.50 Å². The molecule has 5 aromatic rings. The normalized spacial score (nSPS) is 13.5. The Labute approximate surface area is 261 Å². The number of aromatic nitrogens is 4. The van der Waals surface area contributed by atoms with E-state index in [0.717, 1.165) is 53.3 Å². The molecular formula is C32H40ClFN6O2S. The molecule has 230 valence electrons. The molecule has 1 saturated heterocycles. The van der Waals surface area contributed by atoms with Gasteiger partial charge in [-0.15, -0.1) is 11.3 Å². The van der Waals surface area contributed by atoms with Gasteiger partial charge in [0.1, 0.15) is 16.7 Å². The lowest BCUT2D eigenvalue weighted by Gasteiger charge is -2.22. The third-order valence-corrected chi connectivity index (χ3v) is 8.39. The molecule has 11 heteroatoms. The molecule has 0 unspecified atom stereocenters. The van der Waals surface area contributed by atoms with E-state index in [-0.39, 0.29) is 5.56 Å².